The lowest BCUT2D eigenvalue weighted by atomic mass is 10.0. The zero-order valence-corrected chi connectivity index (χ0v) is 14.8. The molecule has 0 aliphatic carbocycles. The van der Waals surface area contributed by atoms with Gasteiger partial charge in [0, 0.05) is 38.4 Å². The van der Waals surface area contributed by atoms with Crippen LogP contribution in [0, 0.1) is 0 Å². The summed E-state index contributed by atoms with van der Waals surface area (Å²) in [6.07, 6.45) is 3.84. The molecule has 1 saturated heterocycles. The van der Waals surface area contributed by atoms with Crippen LogP contribution in [0.15, 0.2) is 46.1 Å². The predicted octanol–water partition coefficient (Wildman–Crippen LogP) is 1.17. The summed E-state index contributed by atoms with van der Waals surface area (Å²) < 4.78 is 2.60. The summed E-state index contributed by atoms with van der Waals surface area (Å²) in [5.74, 6) is 0. The van der Waals surface area contributed by atoms with E-state index in [0.717, 1.165) is 29.5 Å². The van der Waals surface area contributed by atoms with Crippen LogP contribution in [0.3, 0.4) is 0 Å². The number of hydrogen-bond acceptors (Lipinski definition) is 4. The highest BCUT2D eigenvalue weighted by molar-refractivity contribution is 5.17. The Morgan fingerprint density at radius 2 is 1.92 bits per heavy atom. The molecule has 0 spiro atoms. The van der Waals surface area contributed by atoms with Crippen LogP contribution in [-0.2, 0) is 20.6 Å². The van der Waals surface area contributed by atoms with Crippen LogP contribution in [0.5, 0.6) is 0 Å². The highest BCUT2D eigenvalue weighted by Gasteiger charge is 2.28. The molecule has 0 radical (unpaired) electrons. The van der Waals surface area contributed by atoms with Gasteiger partial charge in [0.1, 0.15) is 0 Å². The molecule has 1 aliphatic heterocycles. The van der Waals surface area contributed by atoms with Crippen molar-refractivity contribution in [1.82, 2.24) is 14.0 Å². The van der Waals surface area contributed by atoms with Crippen LogP contribution < -0.4 is 11.2 Å². The molecular weight excluding hydrogens is 318 g/mol. The van der Waals surface area contributed by atoms with E-state index in [9.17, 15) is 14.7 Å². The lowest BCUT2D eigenvalue weighted by Crippen LogP contribution is -2.41. The van der Waals surface area contributed by atoms with Crippen molar-refractivity contribution in [2.24, 2.45) is 14.1 Å². The Kier molecular flexibility index (Phi) is 5.20. The number of aliphatic hydroxyl groups is 1. The number of hydrogen-bond donors (Lipinski definition) is 1. The summed E-state index contributed by atoms with van der Waals surface area (Å²) >= 11 is 0. The number of nitrogens with zero attached hydrogens (tertiary/aromatic N) is 3. The molecule has 25 heavy (non-hydrogen) atoms. The number of rotatable bonds is 5. The average molecular weight is 343 g/mol. The van der Waals surface area contributed by atoms with E-state index in [2.05, 4.69) is 4.90 Å². The predicted molar refractivity (Wildman–Crippen MR) is 96.4 cm³/mol. The van der Waals surface area contributed by atoms with Crippen molar-refractivity contribution in [3.8, 4) is 0 Å². The van der Waals surface area contributed by atoms with E-state index < -0.39 is 6.10 Å². The van der Waals surface area contributed by atoms with Crippen molar-refractivity contribution in [2.75, 3.05) is 6.54 Å². The van der Waals surface area contributed by atoms with Crippen molar-refractivity contribution in [3.63, 3.8) is 0 Å². The standard InChI is InChI=1S/C19H25N3O3/c1-20-12-15(18(24)21(2)19(20)25)13-22-10-6-9-16(22)11-17(23)14-7-4-3-5-8-14/h3-5,7-8,12,16-17,23H,6,9-11,13H2,1-2H3/t16-,17-/m0/s1. The van der Waals surface area contributed by atoms with Crippen LogP contribution in [0.4, 0.5) is 0 Å². The molecule has 1 fully saturated rings. The van der Waals surface area contributed by atoms with E-state index in [0.29, 0.717) is 18.5 Å². The Hall–Kier alpha value is -2.18. The maximum absolute atomic E-state index is 12.4. The van der Waals surface area contributed by atoms with Gasteiger partial charge in [-0.1, -0.05) is 30.3 Å². The van der Waals surface area contributed by atoms with Gasteiger partial charge in [0.15, 0.2) is 0 Å². The van der Waals surface area contributed by atoms with E-state index in [1.165, 1.54) is 11.6 Å². The summed E-state index contributed by atoms with van der Waals surface area (Å²) in [4.78, 5) is 26.4. The van der Waals surface area contributed by atoms with Gasteiger partial charge >= 0.3 is 5.69 Å². The number of aryl methyl sites for hydroxylation is 1. The third kappa shape index (κ3) is 3.75. The molecule has 0 amide bonds. The molecule has 0 saturated carbocycles. The molecule has 2 aromatic rings. The molecule has 2 atom stereocenters. The second-order valence-corrected chi connectivity index (χ2v) is 6.84. The molecule has 6 nitrogen and oxygen atoms in total. The molecule has 134 valence electrons. The Balaban J connectivity index is 1.75. The molecule has 0 bridgehead atoms. The molecule has 0 unspecified atom stereocenters. The SMILES string of the molecule is Cn1cc(CN2CCC[C@H]2C[C@H](O)c2ccccc2)c(=O)n(C)c1=O. The van der Waals surface area contributed by atoms with Gasteiger partial charge < -0.3 is 9.67 Å². The molecule has 1 aromatic heterocycles. The fourth-order valence-electron chi connectivity index (χ4n) is 3.65. The summed E-state index contributed by atoms with van der Waals surface area (Å²) in [5.41, 5.74) is 0.988. The fraction of sp³-hybridized carbons (Fsp3) is 0.474. The van der Waals surface area contributed by atoms with Crippen molar-refractivity contribution >= 4 is 0 Å². The van der Waals surface area contributed by atoms with E-state index in [4.69, 9.17) is 0 Å². The summed E-state index contributed by atoms with van der Waals surface area (Å²) in [6.45, 7) is 1.41. The van der Waals surface area contributed by atoms with E-state index in [1.807, 2.05) is 30.3 Å². The second kappa shape index (κ2) is 7.37. The second-order valence-electron chi connectivity index (χ2n) is 6.84. The maximum atomic E-state index is 12.4. The molecule has 6 heteroatoms. The first-order chi connectivity index (χ1) is 12.0. The first-order valence-corrected chi connectivity index (χ1v) is 8.70. The van der Waals surface area contributed by atoms with Crippen LogP contribution >= 0.6 is 0 Å². The number of aromatic nitrogens is 2. The van der Waals surface area contributed by atoms with Crippen molar-refractivity contribution in [1.29, 1.82) is 0 Å². The van der Waals surface area contributed by atoms with Gasteiger partial charge in [-0.3, -0.25) is 14.3 Å². The summed E-state index contributed by atoms with van der Waals surface area (Å²) in [5, 5.41) is 10.5. The molecular formula is C19H25N3O3. The molecule has 1 aromatic carbocycles. The zero-order valence-electron chi connectivity index (χ0n) is 14.8. The Bertz CT molecular complexity index is 841. The van der Waals surface area contributed by atoms with Gasteiger partial charge in [0.25, 0.3) is 5.56 Å². The van der Waals surface area contributed by atoms with Gasteiger partial charge in [-0.15, -0.1) is 0 Å². The minimum absolute atomic E-state index is 0.233. The normalized spacial score (nSPS) is 19.2. The largest absolute Gasteiger partial charge is 0.388 e. The van der Waals surface area contributed by atoms with Gasteiger partial charge in [-0.05, 0) is 31.4 Å². The highest BCUT2D eigenvalue weighted by atomic mass is 16.3. The molecule has 2 heterocycles. The topological polar surface area (TPSA) is 67.5 Å². The van der Waals surface area contributed by atoms with Gasteiger partial charge in [-0.2, -0.15) is 0 Å². The average Bonchev–Trinajstić information content (AvgIpc) is 3.05. The van der Waals surface area contributed by atoms with E-state index >= 15 is 0 Å². The minimum atomic E-state index is -0.505. The number of likely N-dealkylation sites (tertiary alicyclic amines) is 1. The molecule has 1 N–H and O–H groups in total. The fourth-order valence-corrected chi connectivity index (χ4v) is 3.65. The number of benzene rings is 1. The summed E-state index contributed by atoms with van der Waals surface area (Å²) in [7, 11) is 3.17. The van der Waals surface area contributed by atoms with Gasteiger partial charge in [0.05, 0.1) is 6.10 Å². The smallest absolute Gasteiger partial charge is 0.330 e. The van der Waals surface area contributed by atoms with E-state index in [-0.39, 0.29) is 17.3 Å². The third-order valence-corrected chi connectivity index (χ3v) is 5.07. The van der Waals surface area contributed by atoms with Crippen LogP contribution in [-0.4, -0.2) is 31.7 Å². The maximum Gasteiger partial charge on any atom is 0.330 e. The van der Waals surface area contributed by atoms with Crippen LogP contribution in [0.25, 0.3) is 0 Å². The Morgan fingerprint density at radius 1 is 1.20 bits per heavy atom. The van der Waals surface area contributed by atoms with Crippen LogP contribution in [0.1, 0.15) is 36.5 Å². The van der Waals surface area contributed by atoms with Crippen molar-refractivity contribution in [2.45, 2.75) is 38.0 Å². The lowest BCUT2D eigenvalue weighted by molar-refractivity contribution is 0.117. The third-order valence-electron chi connectivity index (χ3n) is 5.07. The highest BCUT2D eigenvalue weighted by Crippen LogP contribution is 2.28. The first-order valence-electron chi connectivity index (χ1n) is 8.70. The van der Waals surface area contributed by atoms with Crippen molar-refractivity contribution < 1.29 is 5.11 Å². The Labute approximate surface area is 147 Å². The summed E-state index contributed by atoms with van der Waals surface area (Å²) in [6, 6.07) is 9.91. The zero-order chi connectivity index (χ0) is 18.0. The number of aliphatic hydroxyl groups excluding tert-OH is 1. The van der Waals surface area contributed by atoms with Gasteiger partial charge in [0.2, 0.25) is 0 Å². The quantitative estimate of drug-likeness (QED) is 0.885. The monoisotopic (exact) mass is 343 g/mol. The Morgan fingerprint density at radius 3 is 2.64 bits per heavy atom. The minimum Gasteiger partial charge on any atom is -0.388 e. The van der Waals surface area contributed by atoms with Crippen LogP contribution in [0.2, 0.25) is 0 Å². The lowest BCUT2D eigenvalue weighted by Gasteiger charge is -2.26. The van der Waals surface area contributed by atoms with E-state index in [1.54, 1.807) is 13.2 Å². The first kappa shape index (κ1) is 17.6. The molecule has 1 aliphatic rings. The molecule has 3 rings (SSSR count). The van der Waals surface area contributed by atoms with Crippen molar-refractivity contribution in [3.05, 3.63) is 68.5 Å². The van der Waals surface area contributed by atoms with Gasteiger partial charge in [-0.25, -0.2) is 4.79 Å².